The highest BCUT2D eigenvalue weighted by atomic mass is 16.4. The van der Waals surface area contributed by atoms with Gasteiger partial charge in [-0.1, -0.05) is 0 Å². The van der Waals surface area contributed by atoms with Gasteiger partial charge in [0.15, 0.2) is 0 Å². The zero-order chi connectivity index (χ0) is 5.15. The third-order valence-corrected chi connectivity index (χ3v) is 0.194. The lowest BCUT2D eigenvalue weighted by molar-refractivity contribution is -0.148. The molecule has 0 fully saturated rings. The van der Waals surface area contributed by atoms with Gasteiger partial charge in [-0.05, 0) is 0 Å². The Bertz CT molecular complexity index is 74.8. The second kappa shape index (κ2) is 1.40. The van der Waals surface area contributed by atoms with Crippen LogP contribution in [0.25, 0.3) is 0 Å². The minimum Gasteiger partial charge on any atom is -0.474 e. The molecule has 0 aliphatic carbocycles. The van der Waals surface area contributed by atoms with E-state index in [0.717, 1.165) is 0 Å². The van der Waals surface area contributed by atoms with Crippen LogP contribution in [-0.2, 0) is 9.59 Å². The van der Waals surface area contributed by atoms with Gasteiger partial charge in [0.1, 0.15) is 0 Å². The van der Waals surface area contributed by atoms with Gasteiger partial charge in [-0.15, -0.1) is 0 Å². The van der Waals surface area contributed by atoms with Crippen molar-refractivity contribution in [3.8, 4) is 0 Å². The van der Waals surface area contributed by atoms with Crippen molar-refractivity contribution in [1.29, 1.82) is 0 Å². The van der Waals surface area contributed by atoms with Gasteiger partial charge in [-0.2, -0.15) is 0 Å². The summed E-state index contributed by atoms with van der Waals surface area (Å²) in [6, 6.07) is 0. The Labute approximate surface area is 33.6 Å². The molecule has 0 spiro atoms. The molecular formula is C2H2NO3. The van der Waals surface area contributed by atoms with Crippen LogP contribution in [0, 0.1) is 0 Å². The molecule has 0 atom stereocenters. The van der Waals surface area contributed by atoms with Gasteiger partial charge >= 0.3 is 11.9 Å². The zero-order valence-electron chi connectivity index (χ0n) is 2.76. The van der Waals surface area contributed by atoms with Gasteiger partial charge in [-0.3, -0.25) is 10.5 Å². The predicted octanol–water partition coefficient (Wildman–Crippen LogP) is -1.12. The normalized spacial score (nSPS) is 7.33. The highest BCUT2D eigenvalue weighted by Crippen LogP contribution is 1.54. The molecule has 2 N–H and O–H groups in total. The standard InChI is InChI=1S/C2H2NO3/c3-1(4)2(5)6/h3H,(H,5,6). The molecule has 0 aromatic rings. The zero-order valence-corrected chi connectivity index (χ0v) is 2.76. The monoisotopic (exact) mass is 88.0 g/mol. The van der Waals surface area contributed by atoms with Crippen LogP contribution in [-0.4, -0.2) is 17.0 Å². The summed E-state index contributed by atoms with van der Waals surface area (Å²) in [5.74, 6) is -3.29. The van der Waals surface area contributed by atoms with Crippen LogP contribution >= 0.6 is 0 Å². The molecule has 1 amide bonds. The lowest BCUT2D eigenvalue weighted by Crippen LogP contribution is -2.11. The Morgan fingerprint density at radius 3 is 1.67 bits per heavy atom. The number of hydrogen-bond donors (Lipinski definition) is 1. The van der Waals surface area contributed by atoms with Crippen molar-refractivity contribution in [2.75, 3.05) is 0 Å². The number of rotatable bonds is 0. The first-order valence-corrected chi connectivity index (χ1v) is 1.13. The van der Waals surface area contributed by atoms with Gasteiger partial charge in [0.25, 0.3) is 0 Å². The van der Waals surface area contributed by atoms with Crippen molar-refractivity contribution in [3.05, 3.63) is 0 Å². The number of carbonyl (C=O) groups is 2. The molecule has 33 valence electrons. The quantitative estimate of drug-likeness (QED) is 0.381. The average Bonchev–Trinajstić information content (AvgIpc) is 1.36. The lowest BCUT2D eigenvalue weighted by Gasteiger charge is -1.71. The van der Waals surface area contributed by atoms with Crippen molar-refractivity contribution in [3.63, 3.8) is 0 Å². The number of amides is 1. The Morgan fingerprint density at radius 1 is 1.50 bits per heavy atom. The summed E-state index contributed by atoms with van der Waals surface area (Å²) in [5.41, 5.74) is 5.79. The summed E-state index contributed by atoms with van der Waals surface area (Å²) in [6.45, 7) is 0. The van der Waals surface area contributed by atoms with Gasteiger partial charge in [0, 0.05) is 0 Å². The highest BCUT2D eigenvalue weighted by molar-refractivity contribution is 6.30. The van der Waals surface area contributed by atoms with Crippen LogP contribution in [0.2, 0.25) is 0 Å². The minimum atomic E-state index is -1.71. The molecule has 0 aliphatic heterocycles. The Morgan fingerprint density at radius 2 is 1.67 bits per heavy atom. The van der Waals surface area contributed by atoms with E-state index in [2.05, 4.69) is 0 Å². The summed E-state index contributed by atoms with van der Waals surface area (Å²) >= 11 is 0. The number of hydrogen-bond acceptors (Lipinski definition) is 2. The number of carboxylic acid groups (broad SMARTS) is 1. The molecule has 0 aliphatic rings. The molecule has 0 rings (SSSR count). The van der Waals surface area contributed by atoms with E-state index in [9.17, 15) is 4.79 Å². The number of aliphatic carboxylic acids is 1. The van der Waals surface area contributed by atoms with Crippen molar-refractivity contribution in [1.82, 2.24) is 5.73 Å². The van der Waals surface area contributed by atoms with Gasteiger partial charge in [0.2, 0.25) is 0 Å². The summed E-state index contributed by atoms with van der Waals surface area (Å²) in [6.07, 6.45) is 0. The van der Waals surface area contributed by atoms with E-state index in [1.54, 1.807) is 0 Å². The lowest BCUT2D eigenvalue weighted by atomic mass is 10.7. The van der Waals surface area contributed by atoms with Crippen LogP contribution in [0.15, 0.2) is 0 Å². The van der Waals surface area contributed by atoms with Gasteiger partial charge in [-0.25, -0.2) is 4.79 Å². The third kappa shape index (κ3) is 1.28. The first-order valence-electron chi connectivity index (χ1n) is 1.13. The first kappa shape index (κ1) is 4.94. The molecule has 0 saturated carbocycles. The smallest absolute Gasteiger partial charge is 0.396 e. The fraction of sp³-hybridized carbons (Fsp3) is 0. The maximum Gasteiger partial charge on any atom is 0.396 e. The molecule has 1 radical (unpaired) electrons. The van der Waals surface area contributed by atoms with Crippen LogP contribution in [0.3, 0.4) is 0 Å². The molecule has 4 heteroatoms. The van der Waals surface area contributed by atoms with E-state index < -0.39 is 11.9 Å². The van der Waals surface area contributed by atoms with E-state index in [4.69, 9.17) is 15.6 Å². The Kier molecular flexibility index (Phi) is 1.15. The maximum atomic E-state index is 9.21. The average molecular weight is 88.0 g/mol. The molecule has 6 heavy (non-hydrogen) atoms. The van der Waals surface area contributed by atoms with Crippen LogP contribution in [0.5, 0.6) is 0 Å². The van der Waals surface area contributed by atoms with Crippen molar-refractivity contribution >= 4 is 11.9 Å². The maximum absolute atomic E-state index is 9.21. The first-order chi connectivity index (χ1) is 2.64. The van der Waals surface area contributed by atoms with Gasteiger partial charge < -0.3 is 5.11 Å². The molecule has 0 heterocycles. The number of nitrogens with one attached hydrogen (secondary N) is 1. The fourth-order valence-corrected chi connectivity index (χ4v) is 0. The summed E-state index contributed by atoms with van der Waals surface area (Å²) in [5, 5.41) is 7.45. The molecule has 0 bridgehead atoms. The minimum absolute atomic E-state index is 1.57. The number of carbonyl (C=O) groups excluding carboxylic acids is 1. The summed E-state index contributed by atoms with van der Waals surface area (Å²) in [4.78, 5) is 18.4. The van der Waals surface area contributed by atoms with Crippen LogP contribution in [0.4, 0.5) is 0 Å². The van der Waals surface area contributed by atoms with E-state index in [1.165, 1.54) is 0 Å². The molecule has 0 unspecified atom stereocenters. The van der Waals surface area contributed by atoms with Crippen molar-refractivity contribution in [2.45, 2.75) is 0 Å². The fourth-order valence-electron chi connectivity index (χ4n) is 0. The third-order valence-electron chi connectivity index (χ3n) is 0.194. The van der Waals surface area contributed by atoms with Crippen LogP contribution in [0.1, 0.15) is 0 Å². The SMILES string of the molecule is [NH]C(=O)C(=O)O. The molecule has 0 aromatic heterocycles. The number of carboxylic acids is 1. The largest absolute Gasteiger partial charge is 0.474 e. The second-order valence-electron chi connectivity index (χ2n) is 0.634. The van der Waals surface area contributed by atoms with Crippen LogP contribution < -0.4 is 5.73 Å². The molecule has 0 saturated heterocycles. The van der Waals surface area contributed by atoms with Crippen molar-refractivity contribution in [2.24, 2.45) is 0 Å². The molecule has 0 aromatic carbocycles. The topological polar surface area (TPSA) is 78.2 Å². The second-order valence-corrected chi connectivity index (χ2v) is 0.634. The highest BCUT2D eigenvalue weighted by Gasteiger charge is 2.02. The van der Waals surface area contributed by atoms with E-state index in [1.807, 2.05) is 0 Å². The van der Waals surface area contributed by atoms with Gasteiger partial charge in [0.05, 0.1) is 0 Å². The van der Waals surface area contributed by atoms with E-state index >= 15 is 0 Å². The summed E-state index contributed by atoms with van der Waals surface area (Å²) in [7, 11) is 0. The van der Waals surface area contributed by atoms with E-state index in [0.29, 0.717) is 0 Å². The predicted molar refractivity (Wildman–Crippen MR) is 15.7 cm³/mol. The summed E-state index contributed by atoms with van der Waals surface area (Å²) < 4.78 is 0. The molecular weight excluding hydrogens is 86.0 g/mol. The Balaban J connectivity index is 3.57. The van der Waals surface area contributed by atoms with E-state index in [-0.39, 0.29) is 0 Å². The molecule has 4 nitrogen and oxygen atoms in total. The van der Waals surface area contributed by atoms with Crippen molar-refractivity contribution < 1.29 is 14.7 Å². The Hall–Kier alpha value is -1.06.